The molecule has 4 N–H and O–H groups in total. The van der Waals surface area contributed by atoms with Gasteiger partial charge in [-0.25, -0.2) is 4.99 Å². The van der Waals surface area contributed by atoms with Gasteiger partial charge in [-0.3, -0.25) is 4.98 Å². The maximum absolute atomic E-state index is 5.46. The SMILES string of the molecule is CCOc1ccnc(-c2cccc(N=C(N)N)c2)c1. The van der Waals surface area contributed by atoms with Crippen molar-refractivity contribution in [2.45, 2.75) is 6.92 Å². The molecule has 0 fully saturated rings. The van der Waals surface area contributed by atoms with Crippen LogP contribution in [0.1, 0.15) is 6.92 Å². The van der Waals surface area contributed by atoms with Crippen LogP contribution in [0.25, 0.3) is 11.3 Å². The van der Waals surface area contributed by atoms with Crippen LogP contribution in [0, 0.1) is 0 Å². The van der Waals surface area contributed by atoms with Gasteiger partial charge in [0.1, 0.15) is 5.75 Å². The van der Waals surface area contributed by atoms with Gasteiger partial charge in [0.15, 0.2) is 5.96 Å². The van der Waals surface area contributed by atoms with Crippen LogP contribution >= 0.6 is 0 Å². The van der Waals surface area contributed by atoms with Crippen molar-refractivity contribution in [3.8, 4) is 17.0 Å². The summed E-state index contributed by atoms with van der Waals surface area (Å²) in [4.78, 5) is 8.34. The van der Waals surface area contributed by atoms with Gasteiger partial charge in [0.05, 0.1) is 18.0 Å². The third kappa shape index (κ3) is 3.45. The summed E-state index contributed by atoms with van der Waals surface area (Å²) >= 11 is 0. The van der Waals surface area contributed by atoms with Gasteiger partial charge in [-0.1, -0.05) is 12.1 Å². The third-order valence-corrected chi connectivity index (χ3v) is 2.44. The van der Waals surface area contributed by atoms with Gasteiger partial charge >= 0.3 is 0 Å². The second-order valence-corrected chi connectivity index (χ2v) is 3.90. The Hall–Kier alpha value is -2.56. The molecule has 2 aromatic rings. The first-order valence-corrected chi connectivity index (χ1v) is 5.98. The van der Waals surface area contributed by atoms with Crippen molar-refractivity contribution in [2.75, 3.05) is 6.61 Å². The summed E-state index contributed by atoms with van der Waals surface area (Å²) in [6.07, 6.45) is 1.72. The standard InChI is InChI=1S/C14H16N4O/c1-2-19-12-6-7-17-13(9-12)10-4-3-5-11(8-10)18-14(15)16/h3-9H,2H2,1H3,(H4,15,16,18). The highest BCUT2D eigenvalue weighted by molar-refractivity contribution is 5.79. The number of aliphatic imine (C=N–C) groups is 1. The monoisotopic (exact) mass is 256 g/mol. The molecule has 0 saturated heterocycles. The molecular weight excluding hydrogens is 240 g/mol. The van der Waals surface area contributed by atoms with Crippen LogP contribution in [-0.2, 0) is 0 Å². The van der Waals surface area contributed by atoms with Crippen molar-refractivity contribution in [3.63, 3.8) is 0 Å². The van der Waals surface area contributed by atoms with Gasteiger partial charge in [0.2, 0.25) is 0 Å². The van der Waals surface area contributed by atoms with Crippen molar-refractivity contribution in [2.24, 2.45) is 16.5 Å². The maximum Gasteiger partial charge on any atom is 0.191 e. The molecule has 0 aliphatic carbocycles. The Morgan fingerprint density at radius 2 is 2.11 bits per heavy atom. The lowest BCUT2D eigenvalue weighted by Crippen LogP contribution is -2.21. The molecule has 0 radical (unpaired) electrons. The van der Waals surface area contributed by atoms with Gasteiger partial charge in [-0.15, -0.1) is 0 Å². The summed E-state index contributed by atoms with van der Waals surface area (Å²) < 4.78 is 5.46. The van der Waals surface area contributed by atoms with Gasteiger partial charge in [-0.2, -0.15) is 0 Å². The molecule has 19 heavy (non-hydrogen) atoms. The van der Waals surface area contributed by atoms with Gasteiger partial charge in [0, 0.05) is 17.8 Å². The largest absolute Gasteiger partial charge is 0.494 e. The lowest BCUT2D eigenvalue weighted by atomic mass is 10.1. The van der Waals surface area contributed by atoms with Crippen LogP contribution in [0.15, 0.2) is 47.6 Å². The number of nitrogens with zero attached hydrogens (tertiary/aromatic N) is 2. The minimum Gasteiger partial charge on any atom is -0.494 e. The Morgan fingerprint density at radius 1 is 1.26 bits per heavy atom. The molecule has 0 spiro atoms. The zero-order valence-electron chi connectivity index (χ0n) is 10.7. The van der Waals surface area contributed by atoms with Crippen LogP contribution in [0.3, 0.4) is 0 Å². The van der Waals surface area contributed by atoms with Gasteiger partial charge in [-0.05, 0) is 25.1 Å². The Kier molecular flexibility index (Phi) is 3.97. The number of aromatic nitrogens is 1. The van der Waals surface area contributed by atoms with Crippen molar-refractivity contribution >= 4 is 11.6 Å². The minimum atomic E-state index is 0.0353. The fourth-order valence-corrected chi connectivity index (χ4v) is 1.71. The number of rotatable bonds is 4. The van der Waals surface area contributed by atoms with Gasteiger partial charge < -0.3 is 16.2 Å². The van der Waals surface area contributed by atoms with E-state index >= 15 is 0 Å². The predicted octanol–water partition coefficient (Wildman–Crippen LogP) is 2.05. The summed E-state index contributed by atoms with van der Waals surface area (Å²) in [5.74, 6) is 0.827. The smallest absolute Gasteiger partial charge is 0.191 e. The molecule has 0 saturated carbocycles. The van der Waals surface area contributed by atoms with Crippen LogP contribution in [0.4, 0.5) is 5.69 Å². The normalized spacial score (nSPS) is 9.95. The number of hydrogen-bond acceptors (Lipinski definition) is 3. The molecule has 0 aliphatic heterocycles. The van der Waals surface area contributed by atoms with E-state index in [0.717, 1.165) is 17.0 Å². The van der Waals surface area contributed by atoms with Crippen LogP contribution < -0.4 is 16.2 Å². The number of pyridine rings is 1. The molecule has 0 unspecified atom stereocenters. The van der Waals surface area contributed by atoms with Crippen LogP contribution in [0.2, 0.25) is 0 Å². The predicted molar refractivity (Wildman–Crippen MR) is 76.3 cm³/mol. The molecule has 0 atom stereocenters. The summed E-state index contributed by atoms with van der Waals surface area (Å²) in [6, 6.07) is 11.2. The molecule has 98 valence electrons. The van der Waals surface area contributed by atoms with Crippen molar-refractivity contribution in [1.29, 1.82) is 0 Å². The van der Waals surface area contributed by atoms with Crippen molar-refractivity contribution < 1.29 is 4.74 Å². The summed E-state index contributed by atoms with van der Waals surface area (Å²) in [5.41, 5.74) is 13.2. The number of benzene rings is 1. The molecule has 0 aliphatic rings. The highest BCUT2D eigenvalue weighted by atomic mass is 16.5. The molecule has 1 aromatic heterocycles. The molecular formula is C14H16N4O. The maximum atomic E-state index is 5.46. The Morgan fingerprint density at radius 3 is 2.84 bits per heavy atom. The fraction of sp³-hybridized carbons (Fsp3) is 0.143. The Balaban J connectivity index is 2.36. The lowest BCUT2D eigenvalue weighted by molar-refractivity contribution is 0.340. The summed E-state index contributed by atoms with van der Waals surface area (Å²) in [6.45, 7) is 2.57. The molecule has 5 nitrogen and oxygen atoms in total. The van der Waals surface area contributed by atoms with E-state index < -0.39 is 0 Å². The van der Waals surface area contributed by atoms with E-state index in [0.29, 0.717) is 12.3 Å². The van der Waals surface area contributed by atoms with Crippen molar-refractivity contribution in [1.82, 2.24) is 4.98 Å². The van der Waals surface area contributed by atoms with Gasteiger partial charge in [0.25, 0.3) is 0 Å². The highest BCUT2D eigenvalue weighted by Crippen LogP contribution is 2.25. The number of guanidine groups is 1. The third-order valence-electron chi connectivity index (χ3n) is 2.44. The van der Waals surface area contributed by atoms with E-state index in [4.69, 9.17) is 16.2 Å². The molecule has 0 amide bonds. The van der Waals surface area contributed by atoms with E-state index in [1.165, 1.54) is 0 Å². The first-order valence-electron chi connectivity index (χ1n) is 5.98. The van der Waals surface area contributed by atoms with E-state index in [1.54, 1.807) is 6.20 Å². The van der Waals surface area contributed by atoms with Crippen LogP contribution in [0.5, 0.6) is 5.75 Å². The van der Waals surface area contributed by atoms with Crippen molar-refractivity contribution in [3.05, 3.63) is 42.6 Å². The molecule has 5 heteroatoms. The number of nitrogens with two attached hydrogens (primary N) is 2. The van der Waals surface area contributed by atoms with E-state index in [2.05, 4.69) is 9.98 Å². The first-order chi connectivity index (χ1) is 9.19. The molecule has 0 bridgehead atoms. The Labute approximate surface area is 111 Å². The minimum absolute atomic E-state index is 0.0353. The highest BCUT2D eigenvalue weighted by Gasteiger charge is 2.02. The fourth-order valence-electron chi connectivity index (χ4n) is 1.71. The van der Waals surface area contributed by atoms with E-state index in [1.807, 2.05) is 43.3 Å². The zero-order chi connectivity index (χ0) is 13.7. The zero-order valence-corrected chi connectivity index (χ0v) is 10.7. The number of ether oxygens (including phenoxy) is 1. The summed E-state index contributed by atoms with van der Waals surface area (Å²) in [7, 11) is 0. The topological polar surface area (TPSA) is 86.5 Å². The van der Waals surface area contributed by atoms with Crippen LogP contribution in [-0.4, -0.2) is 17.6 Å². The average molecular weight is 256 g/mol. The molecule has 1 aromatic carbocycles. The lowest BCUT2D eigenvalue weighted by Gasteiger charge is -2.06. The molecule has 1 heterocycles. The van der Waals surface area contributed by atoms with E-state index in [-0.39, 0.29) is 5.96 Å². The second kappa shape index (κ2) is 5.86. The first kappa shape index (κ1) is 12.9. The second-order valence-electron chi connectivity index (χ2n) is 3.90. The average Bonchev–Trinajstić information content (AvgIpc) is 2.39. The quantitative estimate of drug-likeness (QED) is 0.647. The summed E-state index contributed by atoms with van der Waals surface area (Å²) in [5, 5.41) is 0. The molecule has 2 rings (SSSR count). The Bertz CT molecular complexity index is 592. The number of hydrogen-bond donors (Lipinski definition) is 2. The van der Waals surface area contributed by atoms with E-state index in [9.17, 15) is 0 Å².